The minimum atomic E-state index is -0.504. The molecule has 2 N–H and O–H groups in total. The number of anilines is 1. The van der Waals surface area contributed by atoms with Gasteiger partial charge in [0, 0.05) is 37.1 Å². The van der Waals surface area contributed by atoms with E-state index in [0.29, 0.717) is 30.4 Å². The van der Waals surface area contributed by atoms with Gasteiger partial charge in [0.1, 0.15) is 5.69 Å². The molecule has 0 bridgehead atoms. The number of nitrogens with one attached hydrogen (secondary N) is 2. The van der Waals surface area contributed by atoms with E-state index >= 15 is 0 Å². The highest BCUT2D eigenvalue weighted by Gasteiger charge is 2.18. The van der Waals surface area contributed by atoms with E-state index in [0.717, 1.165) is 5.56 Å². The smallest absolute Gasteiger partial charge is 0.293 e. The molecule has 1 heterocycles. The van der Waals surface area contributed by atoms with Gasteiger partial charge in [0.15, 0.2) is 5.82 Å². The minimum absolute atomic E-state index is 0.156. The summed E-state index contributed by atoms with van der Waals surface area (Å²) in [4.78, 5) is 27.6. The molecule has 3 aromatic rings. The van der Waals surface area contributed by atoms with Crippen LogP contribution >= 0.6 is 0 Å². The van der Waals surface area contributed by atoms with Crippen molar-refractivity contribution in [2.45, 2.75) is 32.7 Å². The normalized spacial score (nSPS) is 10.8. The molecular weight excluding hydrogens is 386 g/mol. The Labute approximate surface area is 173 Å². The lowest BCUT2D eigenvalue weighted by Crippen LogP contribution is -2.25. The summed E-state index contributed by atoms with van der Waals surface area (Å²) in [6.07, 6.45) is 0.379. The fourth-order valence-electron chi connectivity index (χ4n) is 2.76. The Kier molecular flexibility index (Phi) is 6.74. The Hall–Kier alpha value is -3.75. The molecule has 0 aliphatic carbocycles. The summed E-state index contributed by atoms with van der Waals surface area (Å²) in [7, 11) is 0. The Bertz CT molecular complexity index is 1020. The molecule has 1 aromatic heterocycles. The molecule has 0 atom stereocenters. The quantitative estimate of drug-likeness (QED) is 0.408. The number of carbonyl (C=O) groups is 1. The maximum absolute atomic E-state index is 12.4. The van der Waals surface area contributed by atoms with Crippen molar-refractivity contribution in [3.8, 4) is 0 Å². The summed E-state index contributed by atoms with van der Waals surface area (Å²) >= 11 is 0. The third kappa shape index (κ3) is 5.40. The van der Waals surface area contributed by atoms with E-state index in [4.69, 9.17) is 4.52 Å². The van der Waals surface area contributed by atoms with Crippen LogP contribution in [0.1, 0.15) is 47.4 Å². The molecule has 0 aliphatic heterocycles. The molecule has 9 nitrogen and oxygen atoms in total. The number of nitro groups is 1. The Morgan fingerprint density at radius 3 is 2.63 bits per heavy atom. The minimum Gasteiger partial charge on any atom is -0.375 e. The number of aromatic nitrogens is 2. The maximum Gasteiger partial charge on any atom is 0.293 e. The second-order valence-electron chi connectivity index (χ2n) is 7.04. The monoisotopic (exact) mass is 409 g/mol. The van der Waals surface area contributed by atoms with Gasteiger partial charge in [-0.05, 0) is 17.7 Å². The molecule has 0 radical (unpaired) electrons. The van der Waals surface area contributed by atoms with Crippen molar-refractivity contribution >= 4 is 17.3 Å². The van der Waals surface area contributed by atoms with E-state index < -0.39 is 10.8 Å². The fourth-order valence-corrected chi connectivity index (χ4v) is 2.76. The number of nitro benzene ring substituents is 1. The lowest BCUT2D eigenvalue weighted by molar-refractivity contribution is -0.384. The number of carbonyl (C=O) groups excluding carboxylic acids is 1. The maximum atomic E-state index is 12.4. The number of rotatable bonds is 9. The summed E-state index contributed by atoms with van der Waals surface area (Å²) < 4.78 is 5.13. The van der Waals surface area contributed by atoms with Crippen LogP contribution in [0.5, 0.6) is 0 Å². The second-order valence-corrected chi connectivity index (χ2v) is 7.04. The van der Waals surface area contributed by atoms with Crippen LogP contribution in [0.2, 0.25) is 0 Å². The van der Waals surface area contributed by atoms with E-state index in [-0.39, 0.29) is 23.7 Å². The highest BCUT2D eigenvalue weighted by atomic mass is 16.6. The van der Waals surface area contributed by atoms with E-state index in [1.165, 1.54) is 6.07 Å². The first-order chi connectivity index (χ1) is 14.4. The first-order valence-corrected chi connectivity index (χ1v) is 9.61. The first-order valence-electron chi connectivity index (χ1n) is 9.61. The van der Waals surface area contributed by atoms with Gasteiger partial charge in [-0.25, -0.2) is 0 Å². The highest BCUT2D eigenvalue weighted by Crippen LogP contribution is 2.26. The topological polar surface area (TPSA) is 123 Å². The van der Waals surface area contributed by atoms with Gasteiger partial charge in [0.25, 0.3) is 11.6 Å². The Balaban J connectivity index is 1.61. The van der Waals surface area contributed by atoms with E-state index in [2.05, 4.69) is 20.8 Å². The number of nitrogens with zero attached hydrogens (tertiary/aromatic N) is 3. The molecule has 30 heavy (non-hydrogen) atoms. The lowest BCUT2D eigenvalue weighted by Gasteiger charge is -2.09. The van der Waals surface area contributed by atoms with E-state index in [1.54, 1.807) is 12.1 Å². The summed E-state index contributed by atoms with van der Waals surface area (Å²) in [5, 5.41) is 21.1. The molecule has 9 heteroatoms. The second kappa shape index (κ2) is 9.64. The summed E-state index contributed by atoms with van der Waals surface area (Å²) in [6.45, 7) is 4.64. The molecule has 0 saturated carbocycles. The van der Waals surface area contributed by atoms with E-state index in [9.17, 15) is 14.9 Å². The van der Waals surface area contributed by atoms with Crippen molar-refractivity contribution in [1.29, 1.82) is 0 Å². The summed E-state index contributed by atoms with van der Waals surface area (Å²) in [5.74, 6) is 0.805. The Morgan fingerprint density at radius 2 is 1.97 bits per heavy atom. The van der Waals surface area contributed by atoms with Gasteiger partial charge in [-0.15, -0.1) is 0 Å². The van der Waals surface area contributed by atoms with Crippen LogP contribution in [0.3, 0.4) is 0 Å². The molecular formula is C21H23N5O4. The molecule has 0 fully saturated rings. The number of benzene rings is 2. The third-order valence-corrected chi connectivity index (χ3v) is 4.41. The van der Waals surface area contributed by atoms with Crippen molar-refractivity contribution in [3.63, 3.8) is 0 Å². The van der Waals surface area contributed by atoms with Gasteiger partial charge in [-0.1, -0.05) is 49.3 Å². The molecule has 2 aromatic carbocycles. The van der Waals surface area contributed by atoms with E-state index in [1.807, 2.05) is 44.2 Å². The zero-order chi connectivity index (χ0) is 21.5. The molecule has 0 aliphatic rings. The average Bonchev–Trinajstić information content (AvgIpc) is 3.22. The number of hydrogen-bond donors (Lipinski definition) is 2. The van der Waals surface area contributed by atoms with Gasteiger partial charge in [0.2, 0.25) is 5.89 Å². The van der Waals surface area contributed by atoms with Crippen LogP contribution in [0.4, 0.5) is 11.4 Å². The van der Waals surface area contributed by atoms with Gasteiger partial charge in [-0.3, -0.25) is 14.9 Å². The molecule has 0 unspecified atom stereocenters. The SMILES string of the molecule is CC(C)c1noc(CCNC(=O)c2ccc(NCc3ccccc3)c([N+](=O)[O-])c2)n1. The van der Waals surface area contributed by atoms with Gasteiger partial charge < -0.3 is 15.2 Å². The Morgan fingerprint density at radius 1 is 1.20 bits per heavy atom. The summed E-state index contributed by atoms with van der Waals surface area (Å²) in [5.41, 5.74) is 1.40. The van der Waals surface area contributed by atoms with Crippen molar-refractivity contribution in [3.05, 3.63) is 81.5 Å². The van der Waals surface area contributed by atoms with Crippen LogP contribution in [-0.4, -0.2) is 27.5 Å². The van der Waals surface area contributed by atoms with Crippen LogP contribution in [-0.2, 0) is 13.0 Å². The van der Waals surface area contributed by atoms with Crippen LogP contribution in [0.15, 0.2) is 53.1 Å². The van der Waals surface area contributed by atoms with Crippen molar-refractivity contribution in [1.82, 2.24) is 15.5 Å². The first kappa shape index (κ1) is 21.0. The average molecular weight is 409 g/mol. The molecule has 156 valence electrons. The predicted molar refractivity (Wildman–Crippen MR) is 111 cm³/mol. The fraction of sp³-hybridized carbons (Fsp3) is 0.286. The largest absolute Gasteiger partial charge is 0.375 e. The summed E-state index contributed by atoms with van der Waals surface area (Å²) in [6, 6.07) is 13.9. The van der Waals surface area contributed by atoms with Crippen molar-refractivity contribution in [2.75, 3.05) is 11.9 Å². The van der Waals surface area contributed by atoms with Crippen LogP contribution in [0, 0.1) is 10.1 Å². The zero-order valence-corrected chi connectivity index (χ0v) is 16.8. The van der Waals surface area contributed by atoms with Crippen LogP contribution < -0.4 is 10.6 Å². The zero-order valence-electron chi connectivity index (χ0n) is 16.8. The lowest BCUT2D eigenvalue weighted by atomic mass is 10.1. The predicted octanol–water partition coefficient (Wildman–Crippen LogP) is 3.69. The standard InChI is InChI=1S/C21H23N5O4/c1-14(2)20-24-19(30-25-20)10-11-22-21(27)16-8-9-17(18(12-16)26(28)29)23-13-15-6-4-3-5-7-15/h3-9,12,14,23H,10-11,13H2,1-2H3,(H,22,27). The molecule has 1 amide bonds. The van der Waals surface area contributed by atoms with Crippen molar-refractivity contribution in [2.24, 2.45) is 0 Å². The van der Waals surface area contributed by atoms with Crippen molar-refractivity contribution < 1.29 is 14.2 Å². The highest BCUT2D eigenvalue weighted by molar-refractivity contribution is 5.95. The number of hydrogen-bond acceptors (Lipinski definition) is 7. The third-order valence-electron chi connectivity index (χ3n) is 4.41. The van der Waals surface area contributed by atoms with Gasteiger partial charge >= 0.3 is 0 Å². The molecule has 3 rings (SSSR count). The molecule has 0 saturated heterocycles. The van der Waals surface area contributed by atoms with Gasteiger partial charge in [-0.2, -0.15) is 4.98 Å². The number of amides is 1. The molecule has 0 spiro atoms. The van der Waals surface area contributed by atoms with Gasteiger partial charge in [0.05, 0.1) is 4.92 Å². The van der Waals surface area contributed by atoms with Crippen LogP contribution in [0.25, 0.3) is 0 Å².